The zero-order valence-electron chi connectivity index (χ0n) is 5.92. The molecule has 0 saturated heterocycles. The van der Waals surface area contributed by atoms with Crippen LogP contribution >= 0.6 is 0 Å². The summed E-state index contributed by atoms with van der Waals surface area (Å²) in [4.78, 5) is 5.37. The molecule has 0 aliphatic carbocycles. The molecule has 58 valence electrons. The maximum Gasteiger partial charge on any atom is 1.00 e. The van der Waals surface area contributed by atoms with E-state index in [4.69, 9.17) is 6.57 Å². The predicted octanol–water partition coefficient (Wildman–Crippen LogP) is -1.99. The molecule has 0 amide bonds. The van der Waals surface area contributed by atoms with Crippen molar-refractivity contribution >= 4 is 5.95 Å². The number of rotatable bonds is 0. The van der Waals surface area contributed by atoms with Crippen LogP contribution in [-0.2, 0) is 6.18 Å². The molecular weight excluding hydrogens is 200 g/mol. The van der Waals surface area contributed by atoms with Crippen LogP contribution < -0.4 is 56.4 Å². The van der Waals surface area contributed by atoms with E-state index in [0.29, 0.717) is 0 Å². The van der Waals surface area contributed by atoms with Crippen molar-refractivity contribution in [3.05, 3.63) is 17.2 Å². The van der Waals surface area contributed by atoms with Gasteiger partial charge in [-0.1, -0.05) is 0 Å². The molecular formula is C4F3KN4. The number of alkyl halides is 3. The number of hydrogen-bond acceptors (Lipinski definition) is 2. The second-order valence-corrected chi connectivity index (χ2v) is 1.54. The molecule has 0 N–H and O–H groups in total. The van der Waals surface area contributed by atoms with E-state index < -0.39 is 17.9 Å². The zero-order valence-corrected chi connectivity index (χ0v) is 9.05. The van der Waals surface area contributed by atoms with Crippen molar-refractivity contribution in [1.29, 1.82) is 0 Å². The van der Waals surface area contributed by atoms with Crippen molar-refractivity contribution < 1.29 is 64.6 Å². The number of hydrogen-bond donors (Lipinski definition) is 0. The molecule has 0 atom stereocenters. The molecule has 0 spiro atoms. The summed E-state index contributed by atoms with van der Waals surface area (Å²) < 4.78 is 35.0. The van der Waals surface area contributed by atoms with Gasteiger partial charge in [0.2, 0.25) is 5.82 Å². The molecule has 8 heteroatoms. The Labute approximate surface area is 108 Å². The second kappa shape index (κ2) is 4.34. The molecule has 0 saturated carbocycles. The maximum absolute atomic E-state index is 11.7. The van der Waals surface area contributed by atoms with E-state index in [-0.39, 0.29) is 51.4 Å². The molecule has 0 aromatic carbocycles. The third kappa shape index (κ3) is 2.84. The Morgan fingerprint density at radius 2 is 1.92 bits per heavy atom. The molecule has 12 heavy (non-hydrogen) atoms. The minimum Gasteiger partial charge on any atom is -0.534 e. The fraction of sp³-hybridized carbons (Fsp3) is 0.250. The number of nitrogens with zero attached hydrogens (tertiary/aromatic N) is 4. The molecule has 1 rings (SSSR count). The Bertz CT molecular complexity index is 298. The normalized spacial score (nSPS) is 10.2. The summed E-state index contributed by atoms with van der Waals surface area (Å²) in [5.74, 6) is -1.96. The van der Waals surface area contributed by atoms with E-state index in [1.165, 1.54) is 0 Å². The van der Waals surface area contributed by atoms with Gasteiger partial charge >= 0.3 is 57.6 Å². The standard InChI is InChI=1S/C4F3N4.K/c1-8-3-9-2(10-11-3)4(5,6)7;/q-1;+1. The Morgan fingerprint density at radius 3 is 2.17 bits per heavy atom. The first-order valence-corrected chi connectivity index (χ1v) is 2.36. The van der Waals surface area contributed by atoms with Crippen LogP contribution in [0.5, 0.6) is 0 Å². The summed E-state index contributed by atoms with van der Waals surface area (Å²) in [5, 5.41) is 5.52. The van der Waals surface area contributed by atoms with E-state index >= 15 is 0 Å². The third-order valence-corrected chi connectivity index (χ3v) is 0.794. The Morgan fingerprint density at radius 1 is 1.33 bits per heavy atom. The molecule has 0 radical (unpaired) electrons. The van der Waals surface area contributed by atoms with Crippen LogP contribution in [0.3, 0.4) is 0 Å². The van der Waals surface area contributed by atoms with Crippen LogP contribution in [-0.4, -0.2) is 10.2 Å². The summed E-state index contributed by atoms with van der Waals surface area (Å²) in [6, 6.07) is 0. The van der Waals surface area contributed by atoms with E-state index in [0.717, 1.165) is 0 Å². The number of halogens is 3. The van der Waals surface area contributed by atoms with Gasteiger partial charge in [-0.25, -0.2) is 6.57 Å². The van der Waals surface area contributed by atoms with Gasteiger partial charge in [-0.15, -0.1) is 5.10 Å². The van der Waals surface area contributed by atoms with E-state index in [1.807, 2.05) is 0 Å². The molecule has 1 heterocycles. The SMILES string of the molecule is [C-]#[N+]c1nnc(C(F)(F)F)[n-]1.[K+]. The van der Waals surface area contributed by atoms with Crippen molar-refractivity contribution in [3.8, 4) is 0 Å². The van der Waals surface area contributed by atoms with Crippen molar-refractivity contribution in [3.63, 3.8) is 0 Å². The predicted molar refractivity (Wildman–Crippen MR) is 26.6 cm³/mol. The largest absolute Gasteiger partial charge is 1.00 e. The fourth-order valence-electron chi connectivity index (χ4n) is 0.399. The van der Waals surface area contributed by atoms with Crippen LogP contribution in [0.2, 0.25) is 0 Å². The summed E-state index contributed by atoms with van der Waals surface area (Å²) >= 11 is 0. The number of aromatic nitrogens is 3. The van der Waals surface area contributed by atoms with E-state index in [9.17, 15) is 13.2 Å². The monoisotopic (exact) mass is 200 g/mol. The van der Waals surface area contributed by atoms with E-state index in [2.05, 4.69) is 20.0 Å². The Hall–Kier alpha value is 0.0564. The van der Waals surface area contributed by atoms with Crippen LogP contribution in [0, 0.1) is 6.57 Å². The van der Waals surface area contributed by atoms with Crippen LogP contribution in [0.15, 0.2) is 0 Å². The zero-order chi connectivity index (χ0) is 8.48. The topological polar surface area (TPSA) is 44.2 Å². The average molecular weight is 200 g/mol. The Balaban J connectivity index is 0.00000121. The fourth-order valence-corrected chi connectivity index (χ4v) is 0.399. The summed E-state index contributed by atoms with van der Waals surface area (Å²) in [6.07, 6.45) is -4.62. The van der Waals surface area contributed by atoms with Crippen molar-refractivity contribution in [2.75, 3.05) is 0 Å². The van der Waals surface area contributed by atoms with E-state index in [1.54, 1.807) is 0 Å². The molecule has 0 bridgehead atoms. The van der Waals surface area contributed by atoms with Gasteiger partial charge in [0, 0.05) is 0 Å². The summed E-state index contributed by atoms with van der Waals surface area (Å²) in [7, 11) is 0. The van der Waals surface area contributed by atoms with Crippen molar-refractivity contribution in [2.45, 2.75) is 6.18 Å². The van der Waals surface area contributed by atoms with Gasteiger partial charge in [-0.2, -0.15) is 18.3 Å². The van der Waals surface area contributed by atoms with Gasteiger partial charge in [-0.3, -0.25) is 4.98 Å². The minimum absolute atomic E-state index is 0. The second-order valence-electron chi connectivity index (χ2n) is 1.54. The van der Waals surface area contributed by atoms with Gasteiger partial charge in [0.05, 0.1) is 0 Å². The van der Waals surface area contributed by atoms with Crippen LogP contribution in [0.4, 0.5) is 19.1 Å². The first kappa shape index (κ1) is 12.1. The quantitative estimate of drug-likeness (QED) is 0.359. The van der Waals surface area contributed by atoms with Crippen LogP contribution in [0.25, 0.3) is 4.85 Å². The van der Waals surface area contributed by atoms with Crippen LogP contribution in [0.1, 0.15) is 5.82 Å². The molecule has 0 aliphatic heterocycles. The summed E-state index contributed by atoms with van der Waals surface area (Å²) in [5.41, 5.74) is 0. The third-order valence-electron chi connectivity index (χ3n) is 0.794. The van der Waals surface area contributed by atoms with Gasteiger partial charge in [0.15, 0.2) is 5.95 Å². The molecule has 0 unspecified atom stereocenters. The van der Waals surface area contributed by atoms with Crippen molar-refractivity contribution in [1.82, 2.24) is 15.2 Å². The maximum atomic E-state index is 11.7. The van der Waals surface area contributed by atoms with Gasteiger partial charge < -0.3 is 4.85 Å². The minimum atomic E-state index is -4.62. The Kier molecular flexibility index (Phi) is 4.36. The molecule has 4 nitrogen and oxygen atoms in total. The van der Waals surface area contributed by atoms with Gasteiger partial charge in [-0.05, 0) is 0 Å². The van der Waals surface area contributed by atoms with Gasteiger partial charge in [0.25, 0.3) is 0 Å². The molecule has 0 aliphatic rings. The summed E-state index contributed by atoms with van der Waals surface area (Å²) in [6.45, 7) is 6.25. The average Bonchev–Trinajstić information content (AvgIpc) is 2.32. The molecule has 0 fully saturated rings. The first-order valence-electron chi connectivity index (χ1n) is 2.36. The first-order chi connectivity index (χ1) is 5.04. The molecule has 1 aromatic rings. The van der Waals surface area contributed by atoms with Crippen molar-refractivity contribution in [2.24, 2.45) is 0 Å². The smallest absolute Gasteiger partial charge is 0.534 e. The van der Waals surface area contributed by atoms with Gasteiger partial charge in [0.1, 0.15) is 0 Å². The molecule has 1 aromatic heterocycles.